The highest BCUT2D eigenvalue weighted by molar-refractivity contribution is 5.95. The Bertz CT molecular complexity index is 1520. The molecule has 3 amide bonds. The third kappa shape index (κ3) is 11.6. The monoisotopic (exact) mass is 651 g/mol. The number of carbonyl (C=O) groups is 4. The molecule has 0 saturated heterocycles. The molecule has 47 heavy (non-hydrogen) atoms. The number of guanidine groups is 1. The van der Waals surface area contributed by atoms with Crippen LogP contribution < -0.4 is 38.9 Å². The first-order valence-corrected chi connectivity index (χ1v) is 15.5. The molecular formula is C32H45N9O6. The second-order valence-corrected chi connectivity index (χ2v) is 11.3. The molecule has 4 unspecified atom stereocenters. The lowest BCUT2D eigenvalue weighted by Crippen LogP contribution is -2.57. The number of unbranched alkanes of at least 4 members (excludes halogenated alkanes) is 1. The van der Waals surface area contributed by atoms with Crippen molar-refractivity contribution in [2.24, 2.45) is 27.9 Å². The molecule has 0 radical (unpaired) electrons. The van der Waals surface area contributed by atoms with Crippen molar-refractivity contribution in [1.29, 1.82) is 0 Å². The molecule has 0 spiro atoms. The van der Waals surface area contributed by atoms with Crippen LogP contribution in [0.4, 0.5) is 0 Å². The van der Waals surface area contributed by atoms with E-state index >= 15 is 0 Å². The van der Waals surface area contributed by atoms with Crippen LogP contribution in [0.3, 0.4) is 0 Å². The van der Waals surface area contributed by atoms with E-state index in [9.17, 15) is 29.4 Å². The molecule has 4 atom stereocenters. The van der Waals surface area contributed by atoms with Crippen LogP contribution >= 0.6 is 0 Å². The number of H-pyrrole nitrogens is 1. The molecule has 1 aromatic heterocycles. The number of carboxylic acid groups (broad SMARTS) is 1. The Morgan fingerprint density at radius 2 is 1.45 bits per heavy atom. The molecular weight excluding hydrogens is 606 g/mol. The molecule has 15 heteroatoms. The molecule has 1 heterocycles. The minimum atomic E-state index is -1.21. The molecule has 3 rings (SSSR count). The number of aliphatic carboxylic acids is 1. The molecule has 3 aromatic rings. The molecule has 0 fully saturated rings. The highest BCUT2D eigenvalue weighted by Crippen LogP contribution is 2.20. The lowest BCUT2D eigenvalue weighted by Gasteiger charge is -2.25. The maximum atomic E-state index is 13.8. The van der Waals surface area contributed by atoms with E-state index in [2.05, 4.69) is 25.9 Å². The van der Waals surface area contributed by atoms with Gasteiger partial charge < -0.3 is 54.1 Å². The third-order valence-corrected chi connectivity index (χ3v) is 7.60. The quantitative estimate of drug-likeness (QED) is 0.0459. The number of carboxylic acids is 1. The summed E-state index contributed by atoms with van der Waals surface area (Å²) in [6.07, 6.45) is 3.56. The maximum Gasteiger partial charge on any atom is 0.326 e. The number of aromatic nitrogens is 1. The standard InChI is InChI=1S/C32H45N9O6/c33-14-4-3-8-26(31(46)47)40-30(45)27(17-20-18-38-24-7-2-1-6-22(20)24)41-29(44)25(9-5-15-37-32(35)36)39-28(43)23(34)16-19-10-12-21(42)13-11-19/h1-2,6-7,10-13,18,23,25-27,38,42H,3-5,8-9,14-17,33-34H2,(H,39,43)(H,40,45)(H,41,44)(H,46,47)(H4,35,36,37). The van der Waals surface area contributed by atoms with Gasteiger partial charge in [-0.1, -0.05) is 30.3 Å². The number of carbonyl (C=O) groups excluding carboxylic acids is 3. The van der Waals surface area contributed by atoms with Gasteiger partial charge in [-0.05, 0) is 74.4 Å². The van der Waals surface area contributed by atoms with Gasteiger partial charge in [0.1, 0.15) is 23.9 Å². The fraction of sp³-hybridized carbons (Fsp3) is 0.406. The minimum absolute atomic E-state index is 0.0335. The second-order valence-electron chi connectivity index (χ2n) is 11.3. The molecule has 254 valence electrons. The number of amides is 3. The topological polar surface area (TPSA) is 277 Å². The molecule has 15 nitrogen and oxygen atoms in total. The Labute approximate surface area is 272 Å². The molecule has 0 saturated carbocycles. The third-order valence-electron chi connectivity index (χ3n) is 7.60. The zero-order valence-corrected chi connectivity index (χ0v) is 26.2. The van der Waals surface area contributed by atoms with Crippen LogP contribution in [0.15, 0.2) is 59.7 Å². The van der Waals surface area contributed by atoms with Gasteiger partial charge in [0.25, 0.3) is 0 Å². The first-order valence-electron chi connectivity index (χ1n) is 15.5. The number of nitrogens with two attached hydrogens (primary N) is 4. The van der Waals surface area contributed by atoms with Gasteiger partial charge in [-0.2, -0.15) is 0 Å². The van der Waals surface area contributed by atoms with Crippen LogP contribution in [-0.2, 0) is 32.0 Å². The van der Waals surface area contributed by atoms with Crippen LogP contribution in [0.1, 0.15) is 43.2 Å². The van der Waals surface area contributed by atoms with Crippen LogP contribution in [0, 0.1) is 0 Å². The molecule has 14 N–H and O–H groups in total. The van der Waals surface area contributed by atoms with Crippen LogP contribution in [0.25, 0.3) is 10.9 Å². The summed E-state index contributed by atoms with van der Waals surface area (Å²) in [6, 6.07) is 9.13. The SMILES string of the molecule is NCCCCC(NC(=O)C(Cc1c[nH]c2ccccc12)NC(=O)C(CCCN=C(N)N)NC(=O)C(N)Cc1ccc(O)cc1)C(=O)O. The summed E-state index contributed by atoms with van der Waals surface area (Å²) in [5.41, 5.74) is 24.8. The Hall–Kier alpha value is -5.15. The van der Waals surface area contributed by atoms with Crippen molar-refractivity contribution in [3.63, 3.8) is 0 Å². The number of phenols is 1. The van der Waals surface area contributed by atoms with Gasteiger partial charge in [-0.15, -0.1) is 0 Å². The van der Waals surface area contributed by atoms with Gasteiger partial charge in [-0.25, -0.2) is 4.79 Å². The normalized spacial score (nSPS) is 13.6. The number of para-hydroxylation sites is 1. The minimum Gasteiger partial charge on any atom is -0.508 e. The summed E-state index contributed by atoms with van der Waals surface area (Å²) in [6.45, 7) is 0.568. The van der Waals surface area contributed by atoms with Gasteiger partial charge in [0.2, 0.25) is 17.7 Å². The lowest BCUT2D eigenvalue weighted by molar-refractivity contribution is -0.142. The van der Waals surface area contributed by atoms with E-state index in [4.69, 9.17) is 22.9 Å². The summed E-state index contributed by atoms with van der Waals surface area (Å²) in [4.78, 5) is 59.6. The van der Waals surface area contributed by atoms with E-state index in [-0.39, 0.29) is 43.9 Å². The van der Waals surface area contributed by atoms with Gasteiger partial charge in [0.15, 0.2) is 5.96 Å². The molecule has 0 aliphatic rings. The lowest BCUT2D eigenvalue weighted by atomic mass is 10.0. The van der Waals surface area contributed by atoms with Crippen molar-refractivity contribution in [3.05, 3.63) is 65.9 Å². The summed E-state index contributed by atoms with van der Waals surface area (Å²) in [5.74, 6) is -3.24. The number of hydrogen-bond donors (Lipinski definition) is 10. The van der Waals surface area contributed by atoms with Gasteiger partial charge >= 0.3 is 5.97 Å². The van der Waals surface area contributed by atoms with E-state index < -0.39 is 47.9 Å². The summed E-state index contributed by atoms with van der Waals surface area (Å²) >= 11 is 0. The molecule has 0 bridgehead atoms. The highest BCUT2D eigenvalue weighted by atomic mass is 16.4. The van der Waals surface area contributed by atoms with Crippen molar-refractivity contribution in [3.8, 4) is 5.75 Å². The Morgan fingerprint density at radius 1 is 0.809 bits per heavy atom. The average molecular weight is 652 g/mol. The Morgan fingerprint density at radius 3 is 2.13 bits per heavy atom. The first kappa shape index (κ1) is 36.3. The largest absolute Gasteiger partial charge is 0.508 e. The van der Waals surface area contributed by atoms with Crippen molar-refractivity contribution >= 4 is 40.6 Å². The number of aromatic hydroxyl groups is 1. The van der Waals surface area contributed by atoms with Gasteiger partial charge in [0.05, 0.1) is 6.04 Å². The van der Waals surface area contributed by atoms with Crippen LogP contribution in [0.5, 0.6) is 5.75 Å². The van der Waals surface area contributed by atoms with E-state index in [0.29, 0.717) is 31.4 Å². The molecule has 2 aromatic carbocycles. The van der Waals surface area contributed by atoms with E-state index in [0.717, 1.165) is 16.5 Å². The predicted molar refractivity (Wildman–Crippen MR) is 178 cm³/mol. The zero-order valence-electron chi connectivity index (χ0n) is 26.2. The van der Waals surface area contributed by atoms with Crippen LogP contribution in [-0.4, -0.2) is 82.1 Å². The second kappa shape index (κ2) is 18.1. The first-order chi connectivity index (χ1) is 22.5. The molecule has 0 aliphatic carbocycles. The summed E-state index contributed by atoms with van der Waals surface area (Å²) in [7, 11) is 0. The maximum absolute atomic E-state index is 13.8. The number of aliphatic imine (C=N–C) groups is 1. The van der Waals surface area contributed by atoms with Gasteiger partial charge in [-0.3, -0.25) is 19.4 Å². The Balaban J connectivity index is 1.83. The number of phenolic OH excluding ortho intramolecular Hbond substituents is 1. The number of nitrogens with one attached hydrogen (secondary N) is 4. The van der Waals surface area contributed by atoms with E-state index in [1.165, 1.54) is 12.1 Å². The summed E-state index contributed by atoms with van der Waals surface area (Å²) < 4.78 is 0. The number of fused-ring (bicyclic) bond motifs is 1. The van der Waals surface area contributed by atoms with Crippen LogP contribution in [0.2, 0.25) is 0 Å². The highest BCUT2D eigenvalue weighted by Gasteiger charge is 2.31. The van der Waals surface area contributed by atoms with Crippen molar-refractivity contribution in [2.75, 3.05) is 13.1 Å². The van der Waals surface area contributed by atoms with Crippen molar-refractivity contribution < 1.29 is 29.4 Å². The number of aromatic amines is 1. The number of hydrogen-bond acceptors (Lipinski definition) is 8. The Kier molecular flexibility index (Phi) is 14.0. The number of benzene rings is 2. The fourth-order valence-corrected chi connectivity index (χ4v) is 5.05. The number of nitrogens with zero attached hydrogens (tertiary/aromatic N) is 1. The zero-order chi connectivity index (χ0) is 34.3. The smallest absolute Gasteiger partial charge is 0.326 e. The summed E-state index contributed by atoms with van der Waals surface area (Å²) in [5, 5.41) is 28.1. The van der Waals surface area contributed by atoms with Crippen molar-refractivity contribution in [2.45, 2.75) is 69.1 Å². The van der Waals surface area contributed by atoms with Crippen molar-refractivity contribution in [1.82, 2.24) is 20.9 Å². The number of rotatable bonds is 19. The molecule has 0 aliphatic heterocycles. The fourth-order valence-electron chi connectivity index (χ4n) is 5.05. The average Bonchev–Trinajstić information content (AvgIpc) is 3.45. The van der Waals surface area contributed by atoms with E-state index in [1.54, 1.807) is 18.3 Å². The predicted octanol–water partition coefficient (Wildman–Crippen LogP) is -0.292. The van der Waals surface area contributed by atoms with E-state index in [1.807, 2.05) is 24.3 Å². The van der Waals surface area contributed by atoms with Gasteiger partial charge in [0, 0.05) is 30.1 Å².